The molecule has 1 aromatic heterocycles. The molecule has 1 heterocycles. The third-order valence-corrected chi connectivity index (χ3v) is 4.86. The lowest BCUT2D eigenvalue weighted by Gasteiger charge is -2.27. The minimum Gasteiger partial charge on any atom is -0.368 e. The van der Waals surface area contributed by atoms with E-state index < -0.39 is 0 Å². The van der Waals surface area contributed by atoms with Crippen LogP contribution < -0.4 is 4.90 Å². The molecule has 0 aliphatic carbocycles. The Labute approximate surface area is 154 Å². The van der Waals surface area contributed by atoms with E-state index >= 15 is 0 Å². The van der Waals surface area contributed by atoms with Gasteiger partial charge in [0.2, 0.25) is 0 Å². The molecule has 1 atom stereocenters. The summed E-state index contributed by atoms with van der Waals surface area (Å²) in [6.07, 6.45) is 1.89. The first-order chi connectivity index (χ1) is 12.7. The van der Waals surface area contributed by atoms with Gasteiger partial charge in [0.15, 0.2) is 5.82 Å². The summed E-state index contributed by atoms with van der Waals surface area (Å²) in [5.41, 5.74) is 4.44. The number of hydrogen-bond acceptors (Lipinski definition) is 3. The Morgan fingerprint density at radius 1 is 0.846 bits per heavy atom. The molecule has 4 aromatic rings. The lowest BCUT2D eigenvalue weighted by molar-refractivity contribution is 0.740. The number of aromatic nitrogens is 2. The van der Waals surface area contributed by atoms with Crippen molar-refractivity contribution in [2.45, 2.75) is 13.0 Å². The fraction of sp³-hybridized carbons (Fsp3) is 0.130. The van der Waals surface area contributed by atoms with Crippen LogP contribution in [0.5, 0.6) is 0 Å². The highest BCUT2D eigenvalue weighted by molar-refractivity contribution is 5.79. The van der Waals surface area contributed by atoms with E-state index in [4.69, 9.17) is 4.98 Å². The summed E-state index contributed by atoms with van der Waals surface area (Å²) in [5, 5.41) is 1.06. The van der Waals surface area contributed by atoms with Gasteiger partial charge in [0.05, 0.1) is 11.6 Å². The van der Waals surface area contributed by atoms with Gasteiger partial charge in [-0.05, 0) is 30.7 Å². The summed E-state index contributed by atoms with van der Waals surface area (Å²) in [5.74, 6) is 0.756. The van der Waals surface area contributed by atoms with Crippen molar-refractivity contribution in [3.63, 3.8) is 0 Å². The monoisotopic (exact) mass is 339 g/mol. The summed E-state index contributed by atoms with van der Waals surface area (Å²) in [6, 6.07) is 27.3. The Morgan fingerprint density at radius 2 is 1.62 bits per heavy atom. The average molecular weight is 339 g/mol. The summed E-state index contributed by atoms with van der Waals surface area (Å²) < 4.78 is 0. The summed E-state index contributed by atoms with van der Waals surface area (Å²) in [6.45, 7) is 2.22. The molecule has 0 saturated carbocycles. The third-order valence-electron chi connectivity index (χ3n) is 4.86. The van der Waals surface area contributed by atoms with Crippen LogP contribution in [0.1, 0.15) is 18.5 Å². The number of hydrogen-bond donors (Lipinski definition) is 0. The molecule has 3 aromatic carbocycles. The van der Waals surface area contributed by atoms with Crippen LogP contribution in [0.2, 0.25) is 0 Å². The number of fused-ring (bicyclic) bond motifs is 1. The molecule has 0 spiro atoms. The smallest absolute Gasteiger partial charge is 0.159 e. The second kappa shape index (κ2) is 6.96. The van der Waals surface area contributed by atoms with Gasteiger partial charge in [-0.2, -0.15) is 0 Å². The summed E-state index contributed by atoms with van der Waals surface area (Å²) in [4.78, 5) is 11.5. The van der Waals surface area contributed by atoms with Crippen molar-refractivity contribution >= 4 is 16.6 Å². The number of nitrogens with zero attached hydrogens (tertiary/aromatic N) is 3. The van der Waals surface area contributed by atoms with Gasteiger partial charge in [0, 0.05) is 29.9 Å². The van der Waals surface area contributed by atoms with Crippen LogP contribution in [-0.2, 0) is 0 Å². The lowest BCUT2D eigenvalue weighted by atomic mass is 10.1. The van der Waals surface area contributed by atoms with Crippen molar-refractivity contribution < 1.29 is 0 Å². The Kier molecular flexibility index (Phi) is 4.36. The largest absolute Gasteiger partial charge is 0.368 e. The number of rotatable bonds is 4. The maximum atomic E-state index is 4.72. The van der Waals surface area contributed by atoms with Crippen molar-refractivity contribution in [1.82, 2.24) is 9.97 Å². The van der Waals surface area contributed by atoms with E-state index in [1.165, 1.54) is 5.56 Å². The molecule has 0 amide bonds. The molecule has 0 N–H and O–H groups in total. The molecule has 0 aliphatic rings. The van der Waals surface area contributed by atoms with E-state index in [2.05, 4.69) is 72.4 Å². The molecule has 0 fully saturated rings. The van der Waals surface area contributed by atoms with Crippen LogP contribution in [0.4, 0.5) is 5.69 Å². The van der Waals surface area contributed by atoms with E-state index in [-0.39, 0.29) is 6.04 Å². The Morgan fingerprint density at radius 3 is 2.46 bits per heavy atom. The highest BCUT2D eigenvalue weighted by atomic mass is 15.1. The van der Waals surface area contributed by atoms with Gasteiger partial charge >= 0.3 is 0 Å². The van der Waals surface area contributed by atoms with Crippen LogP contribution in [0.3, 0.4) is 0 Å². The molecule has 4 rings (SSSR count). The van der Waals surface area contributed by atoms with Gasteiger partial charge in [-0.25, -0.2) is 9.97 Å². The first-order valence-electron chi connectivity index (χ1n) is 8.82. The van der Waals surface area contributed by atoms with E-state index in [0.717, 1.165) is 28.0 Å². The van der Waals surface area contributed by atoms with E-state index in [1.54, 1.807) is 0 Å². The van der Waals surface area contributed by atoms with Crippen molar-refractivity contribution in [2.75, 3.05) is 11.9 Å². The van der Waals surface area contributed by atoms with Gasteiger partial charge in [-0.1, -0.05) is 60.7 Å². The number of benzene rings is 3. The topological polar surface area (TPSA) is 29.0 Å². The van der Waals surface area contributed by atoms with Gasteiger partial charge in [-0.3, -0.25) is 0 Å². The molecular formula is C23H21N3. The molecule has 0 bridgehead atoms. The van der Waals surface area contributed by atoms with Gasteiger partial charge in [0.25, 0.3) is 0 Å². The maximum Gasteiger partial charge on any atom is 0.159 e. The predicted octanol–water partition coefficient (Wildman–Crippen LogP) is 5.49. The second-order valence-corrected chi connectivity index (χ2v) is 6.50. The van der Waals surface area contributed by atoms with Gasteiger partial charge < -0.3 is 4.90 Å². The maximum absolute atomic E-state index is 4.72. The first-order valence-corrected chi connectivity index (χ1v) is 8.82. The molecule has 1 unspecified atom stereocenters. The highest BCUT2D eigenvalue weighted by Gasteiger charge is 2.13. The van der Waals surface area contributed by atoms with E-state index in [0.29, 0.717) is 0 Å². The molecule has 3 nitrogen and oxygen atoms in total. The molecular weight excluding hydrogens is 318 g/mol. The predicted molar refractivity (Wildman–Crippen MR) is 108 cm³/mol. The van der Waals surface area contributed by atoms with Crippen molar-refractivity contribution in [3.05, 3.63) is 90.6 Å². The van der Waals surface area contributed by atoms with Gasteiger partial charge in [-0.15, -0.1) is 0 Å². The number of anilines is 1. The number of para-hydroxylation sites is 1. The Hall–Kier alpha value is -3.20. The molecule has 0 aliphatic heterocycles. The lowest BCUT2D eigenvalue weighted by Crippen LogP contribution is -2.21. The molecule has 128 valence electrons. The molecule has 26 heavy (non-hydrogen) atoms. The summed E-state index contributed by atoms with van der Waals surface area (Å²) >= 11 is 0. The Bertz CT molecular complexity index is 1030. The van der Waals surface area contributed by atoms with Crippen molar-refractivity contribution in [3.8, 4) is 11.4 Å². The quantitative estimate of drug-likeness (QED) is 0.492. The van der Waals surface area contributed by atoms with Gasteiger partial charge in [0.1, 0.15) is 0 Å². The fourth-order valence-electron chi connectivity index (χ4n) is 3.15. The van der Waals surface area contributed by atoms with Crippen LogP contribution in [0.15, 0.2) is 85.1 Å². The minimum atomic E-state index is 0.281. The normalized spacial score (nSPS) is 12.1. The zero-order valence-electron chi connectivity index (χ0n) is 15.0. The molecule has 0 saturated heterocycles. The molecule has 3 heteroatoms. The van der Waals surface area contributed by atoms with E-state index in [9.17, 15) is 0 Å². The van der Waals surface area contributed by atoms with Crippen molar-refractivity contribution in [2.24, 2.45) is 0 Å². The second-order valence-electron chi connectivity index (χ2n) is 6.50. The first kappa shape index (κ1) is 16.3. The van der Waals surface area contributed by atoms with Crippen LogP contribution in [0, 0.1) is 0 Å². The van der Waals surface area contributed by atoms with Crippen LogP contribution >= 0.6 is 0 Å². The highest BCUT2D eigenvalue weighted by Crippen LogP contribution is 2.28. The Balaban J connectivity index is 1.67. The zero-order chi connectivity index (χ0) is 17.9. The third kappa shape index (κ3) is 3.16. The van der Waals surface area contributed by atoms with E-state index in [1.807, 2.05) is 36.5 Å². The molecule has 0 radical (unpaired) electrons. The fourth-order valence-corrected chi connectivity index (χ4v) is 3.15. The van der Waals surface area contributed by atoms with Crippen LogP contribution in [0.25, 0.3) is 22.3 Å². The van der Waals surface area contributed by atoms with Crippen LogP contribution in [-0.4, -0.2) is 17.0 Å². The zero-order valence-corrected chi connectivity index (χ0v) is 15.0. The van der Waals surface area contributed by atoms with Crippen molar-refractivity contribution in [1.29, 1.82) is 0 Å². The summed E-state index contributed by atoms with van der Waals surface area (Å²) in [7, 11) is 2.12. The minimum absolute atomic E-state index is 0.281. The standard InChI is InChI=1S/C23H21N3/c1-17(18-9-4-3-5-10-18)26(2)21-13-8-12-19(15-21)23-24-16-20-11-6-7-14-22(20)25-23/h3-17H,1-2H3. The SMILES string of the molecule is CC(c1ccccc1)N(C)c1cccc(-c2ncc3ccccc3n2)c1. The average Bonchev–Trinajstić information content (AvgIpc) is 2.73.